The fraction of sp³-hybridized carbons (Fsp3) is 0.0714. The molecular weight excluding hydrogens is 375 g/mol. The molecule has 9 heteroatoms. The van der Waals surface area contributed by atoms with Gasteiger partial charge in [-0.15, -0.1) is 11.3 Å². The van der Waals surface area contributed by atoms with Crippen molar-refractivity contribution in [1.82, 2.24) is 9.97 Å². The molecule has 0 aliphatic rings. The molecule has 0 saturated carbocycles. The first-order chi connectivity index (χ1) is 10.9. The molecule has 23 heavy (non-hydrogen) atoms. The van der Waals surface area contributed by atoms with Crippen molar-refractivity contribution in [2.24, 2.45) is 5.73 Å². The third kappa shape index (κ3) is 2.85. The van der Waals surface area contributed by atoms with E-state index in [1.165, 1.54) is 11.8 Å². The standard InChI is InChI=1S/C14H10Cl2N4OS2/c1-22-14-19-10(5-2-3-6(15)7(16)4-5)8-9(17)11(12(18)21)23-13(8)20-14/h2-4H,17H2,1H3,(H2,18,21). The van der Waals surface area contributed by atoms with E-state index in [1.54, 1.807) is 18.2 Å². The molecule has 0 fully saturated rings. The predicted molar refractivity (Wildman–Crippen MR) is 97.6 cm³/mol. The Labute approximate surface area is 150 Å². The zero-order chi connectivity index (χ0) is 16.7. The van der Waals surface area contributed by atoms with Crippen molar-refractivity contribution >= 4 is 68.1 Å². The highest BCUT2D eigenvalue weighted by Crippen LogP contribution is 2.40. The molecule has 4 N–H and O–H groups in total. The highest BCUT2D eigenvalue weighted by Gasteiger charge is 2.21. The Morgan fingerprint density at radius 2 is 2.00 bits per heavy atom. The molecule has 0 atom stereocenters. The van der Waals surface area contributed by atoms with Crippen LogP contribution in [0.3, 0.4) is 0 Å². The van der Waals surface area contributed by atoms with Crippen molar-refractivity contribution in [2.75, 3.05) is 12.0 Å². The molecule has 5 nitrogen and oxygen atoms in total. The topological polar surface area (TPSA) is 94.9 Å². The van der Waals surface area contributed by atoms with E-state index in [-0.39, 0.29) is 10.6 Å². The van der Waals surface area contributed by atoms with Crippen molar-refractivity contribution in [3.63, 3.8) is 0 Å². The average Bonchev–Trinajstić information content (AvgIpc) is 2.86. The summed E-state index contributed by atoms with van der Waals surface area (Å²) in [6, 6.07) is 5.18. The third-order valence-electron chi connectivity index (χ3n) is 3.17. The Balaban J connectivity index is 2.37. The first kappa shape index (κ1) is 16.3. The van der Waals surface area contributed by atoms with Gasteiger partial charge in [0.1, 0.15) is 9.71 Å². The van der Waals surface area contributed by atoms with Gasteiger partial charge in [-0.25, -0.2) is 9.97 Å². The van der Waals surface area contributed by atoms with Gasteiger partial charge in [-0.3, -0.25) is 4.79 Å². The van der Waals surface area contributed by atoms with Gasteiger partial charge < -0.3 is 11.5 Å². The molecule has 118 valence electrons. The van der Waals surface area contributed by atoms with E-state index in [2.05, 4.69) is 9.97 Å². The van der Waals surface area contributed by atoms with Crippen LogP contribution in [0, 0.1) is 0 Å². The van der Waals surface area contributed by atoms with E-state index in [9.17, 15) is 4.79 Å². The number of thiophene rings is 1. The van der Waals surface area contributed by atoms with Crippen LogP contribution in [0.4, 0.5) is 5.69 Å². The van der Waals surface area contributed by atoms with Crippen LogP contribution in [0.15, 0.2) is 23.4 Å². The number of aromatic nitrogens is 2. The summed E-state index contributed by atoms with van der Waals surface area (Å²) in [5, 5.41) is 2.02. The molecular formula is C14H10Cl2N4OS2. The lowest BCUT2D eigenvalue weighted by atomic mass is 10.1. The normalized spacial score (nSPS) is 11.1. The Bertz CT molecular complexity index is 942. The maximum atomic E-state index is 11.6. The molecule has 3 rings (SSSR count). The zero-order valence-corrected chi connectivity index (χ0v) is 14.9. The van der Waals surface area contributed by atoms with Gasteiger partial charge in [0, 0.05) is 5.56 Å². The maximum Gasteiger partial charge on any atom is 0.260 e. The number of rotatable bonds is 3. The van der Waals surface area contributed by atoms with Crippen LogP contribution in [0.1, 0.15) is 9.67 Å². The minimum absolute atomic E-state index is 0.272. The van der Waals surface area contributed by atoms with E-state index in [0.29, 0.717) is 31.1 Å². The van der Waals surface area contributed by atoms with E-state index in [1.807, 2.05) is 6.26 Å². The SMILES string of the molecule is CSc1nc(-c2ccc(Cl)c(Cl)c2)c2c(N)c(C(N)=O)sc2n1. The number of hydrogen-bond acceptors (Lipinski definition) is 6. The van der Waals surface area contributed by atoms with Crippen molar-refractivity contribution in [2.45, 2.75) is 5.16 Å². The summed E-state index contributed by atoms with van der Waals surface area (Å²) in [5.74, 6) is -0.587. The van der Waals surface area contributed by atoms with Crippen LogP contribution in [-0.4, -0.2) is 22.1 Å². The Morgan fingerprint density at radius 1 is 1.26 bits per heavy atom. The summed E-state index contributed by atoms with van der Waals surface area (Å²) in [5.41, 5.74) is 13.1. The lowest BCUT2D eigenvalue weighted by molar-refractivity contribution is 0.100. The second-order valence-electron chi connectivity index (χ2n) is 4.58. The van der Waals surface area contributed by atoms with Gasteiger partial charge >= 0.3 is 0 Å². The first-order valence-corrected chi connectivity index (χ1v) is 9.11. The molecule has 0 aliphatic carbocycles. The Morgan fingerprint density at radius 3 is 2.61 bits per heavy atom. The minimum atomic E-state index is -0.587. The molecule has 1 amide bonds. The fourth-order valence-corrected chi connectivity index (χ4v) is 3.80. The Hall–Kier alpha value is -1.54. The van der Waals surface area contributed by atoms with Crippen LogP contribution >= 0.6 is 46.3 Å². The number of primary amides is 1. The van der Waals surface area contributed by atoms with Crippen molar-refractivity contribution < 1.29 is 4.79 Å². The molecule has 2 heterocycles. The minimum Gasteiger partial charge on any atom is -0.397 e. The second kappa shape index (κ2) is 6.16. The number of halogens is 2. The molecule has 0 saturated heterocycles. The molecule has 1 aromatic carbocycles. The highest BCUT2D eigenvalue weighted by atomic mass is 35.5. The number of hydrogen-bond donors (Lipinski definition) is 2. The number of thioether (sulfide) groups is 1. The summed E-state index contributed by atoms with van der Waals surface area (Å²) >= 11 is 14.6. The predicted octanol–water partition coefficient (Wildman–Crippen LogP) is 4.07. The quantitative estimate of drug-likeness (QED) is 0.524. The van der Waals surface area contributed by atoms with Gasteiger partial charge in [0.15, 0.2) is 5.16 Å². The van der Waals surface area contributed by atoms with Gasteiger partial charge in [-0.05, 0) is 18.4 Å². The third-order valence-corrected chi connectivity index (χ3v) is 5.57. The van der Waals surface area contributed by atoms with Gasteiger partial charge in [0.25, 0.3) is 5.91 Å². The van der Waals surface area contributed by atoms with Crippen molar-refractivity contribution in [3.8, 4) is 11.3 Å². The maximum absolute atomic E-state index is 11.6. The highest BCUT2D eigenvalue weighted by molar-refractivity contribution is 7.98. The molecule has 0 bridgehead atoms. The number of nitrogen functional groups attached to an aromatic ring is 1. The Kier molecular flexibility index (Phi) is 4.37. The average molecular weight is 385 g/mol. The number of amides is 1. The van der Waals surface area contributed by atoms with E-state index >= 15 is 0 Å². The van der Waals surface area contributed by atoms with E-state index in [0.717, 1.165) is 16.9 Å². The number of nitrogens with zero attached hydrogens (tertiary/aromatic N) is 2. The van der Waals surface area contributed by atoms with Crippen LogP contribution in [-0.2, 0) is 0 Å². The molecule has 0 spiro atoms. The summed E-state index contributed by atoms with van der Waals surface area (Å²) < 4.78 is 0. The lowest BCUT2D eigenvalue weighted by Gasteiger charge is -2.07. The van der Waals surface area contributed by atoms with Gasteiger partial charge in [0.2, 0.25) is 0 Å². The smallest absolute Gasteiger partial charge is 0.260 e. The van der Waals surface area contributed by atoms with Crippen molar-refractivity contribution in [3.05, 3.63) is 33.1 Å². The van der Waals surface area contributed by atoms with Crippen LogP contribution in [0.5, 0.6) is 0 Å². The summed E-state index contributed by atoms with van der Waals surface area (Å²) in [6.07, 6.45) is 1.87. The van der Waals surface area contributed by atoms with Gasteiger partial charge in [-0.1, -0.05) is 41.0 Å². The number of fused-ring (bicyclic) bond motifs is 1. The zero-order valence-electron chi connectivity index (χ0n) is 11.8. The largest absolute Gasteiger partial charge is 0.397 e. The monoisotopic (exact) mass is 384 g/mol. The van der Waals surface area contributed by atoms with E-state index < -0.39 is 5.91 Å². The molecule has 0 unspecified atom stereocenters. The molecule has 2 aromatic heterocycles. The number of carbonyl (C=O) groups excluding carboxylic acids is 1. The molecule has 0 aliphatic heterocycles. The van der Waals surface area contributed by atoms with Crippen LogP contribution in [0.25, 0.3) is 21.5 Å². The van der Waals surface area contributed by atoms with Gasteiger partial charge in [-0.2, -0.15) is 0 Å². The molecule has 3 aromatic rings. The molecule has 0 radical (unpaired) electrons. The number of anilines is 1. The summed E-state index contributed by atoms with van der Waals surface area (Å²) in [4.78, 5) is 21.4. The fourth-order valence-electron chi connectivity index (χ4n) is 2.13. The summed E-state index contributed by atoms with van der Waals surface area (Å²) in [7, 11) is 0. The number of carbonyl (C=O) groups is 1. The van der Waals surface area contributed by atoms with Crippen molar-refractivity contribution in [1.29, 1.82) is 0 Å². The number of nitrogens with two attached hydrogens (primary N) is 2. The summed E-state index contributed by atoms with van der Waals surface area (Å²) in [6.45, 7) is 0. The first-order valence-electron chi connectivity index (χ1n) is 6.31. The van der Waals surface area contributed by atoms with Gasteiger partial charge in [0.05, 0.1) is 26.8 Å². The van der Waals surface area contributed by atoms with Crippen LogP contribution in [0.2, 0.25) is 10.0 Å². The second-order valence-corrected chi connectivity index (χ2v) is 7.16. The van der Waals surface area contributed by atoms with Crippen LogP contribution < -0.4 is 11.5 Å². The van der Waals surface area contributed by atoms with E-state index in [4.69, 9.17) is 34.7 Å². The lowest BCUT2D eigenvalue weighted by Crippen LogP contribution is -2.10. The number of benzene rings is 1.